The zero-order chi connectivity index (χ0) is 14.7. The molecule has 0 heterocycles. The van der Waals surface area contributed by atoms with E-state index in [2.05, 4.69) is 12.2 Å². The molecule has 0 bridgehead atoms. The average Bonchev–Trinajstić information content (AvgIpc) is 2.41. The Hall–Kier alpha value is -1.69. The van der Waals surface area contributed by atoms with Gasteiger partial charge in [-0.1, -0.05) is 6.92 Å². The van der Waals surface area contributed by atoms with Gasteiger partial charge in [-0.25, -0.2) is 8.78 Å². The molecule has 1 fully saturated rings. The van der Waals surface area contributed by atoms with E-state index in [1.54, 1.807) is 0 Å². The molecule has 1 amide bonds. The first-order valence-electron chi connectivity index (χ1n) is 6.77. The quantitative estimate of drug-likeness (QED) is 0.590. The summed E-state index contributed by atoms with van der Waals surface area (Å²) in [6, 6.07) is 2.05. The van der Waals surface area contributed by atoms with E-state index in [-0.39, 0.29) is 11.6 Å². The number of halogens is 2. The minimum Gasteiger partial charge on any atom is -0.349 e. The highest BCUT2D eigenvalue weighted by atomic mass is 19.1. The number of nitrogens with two attached hydrogens (primary N) is 1. The number of hydrogen-bond acceptors (Lipinski definition) is 3. The number of amides is 1. The monoisotopic (exact) mass is 283 g/mol. The molecule has 1 aromatic carbocycles. The Kier molecular flexibility index (Phi) is 4.54. The van der Waals surface area contributed by atoms with E-state index in [4.69, 9.17) is 5.84 Å². The van der Waals surface area contributed by atoms with Gasteiger partial charge in [-0.05, 0) is 43.7 Å². The van der Waals surface area contributed by atoms with Crippen LogP contribution in [0.5, 0.6) is 0 Å². The van der Waals surface area contributed by atoms with E-state index in [9.17, 15) is 13.6 Å². The number of hydrogen-bond donors (Lipinski definition) is 3. The second-order valence-corrected chi connectivity index (χ2v) is 5.39. The molecule has 20 heavy (non-hydrogen) atoms. The summed E-state index contributed by atoms with van der Waals surface area (Å²) in [5.41, 5.74) is 1.47. The third kappa shape index (κ3) is 3.25. The number of nitrogens with one attached hydrogen (secondary N) is 2. The number of rotatable bonds is 3. The Balaban J connectivity index is 2.06. The summed E-state index contributed by atoms with van der Waals surface area (Å²) in [6.45, 7) is 2.18. The molecule has 0 aromatic heterocycles. The van der Waals surface area contributed by atoms with Crippen LogP contribution < -0.4 is 16.6 Å². The first-order valence-corrected chi connectivity index (χ1v) is 6.77. The fourth-order valence-corrected chi connectivity index (χ4v) is 2.52. The predicted octanol–water partition coefficient (Wildman–Crippen LogP) is 2.56. The van der Waals surface area contributed by atoms with Gasteiger partial charge in [0.15, 0.2) is 11.6 Å². The van der Waals surface area contributed by atoms with Crippen LogP contribution >= 0.6 is 0 Å². The maximum Gasteiger partial charge on any atom is 0.251 e. The number of anilines is 1. The SMILES string of the molecule is CC1CCC(NC(=O)c2cc(F)c(NN)c(F)c2)CC1. The lowest BCUT2D eigenvalue weighted by atomic mass is 9.87. The van der Waals surface area contributed by atoms with Crippen molar-refractivity contribution >= 4 is 11.6 Å². The molecule has 1 saturated carbocycles. The van der Waals surface area contributed by atoms with E-state index in [0.717, 1.165) is 37.8 Å². The van der Waals surface area contributed by atoms with Crippen LogP contribution in [0.1, 0.15) is 43.0 Å². The molecule has 110 valence electrons. The van der Waals surface area contributed by atoms with Crippen LogP contribution in [0.25, 0.3) is 0 Å². The molecule has 4 N–H and O–H groups in total. The first-order chi connectivity index (χ1) is 9.51. The maximum atomic E-state index is 13.5. The molecule has 1 aliphatic carbocycles. The highest BCUT2D eigenvalue weighted by Gasteiger charge is 2.21. The molecule has 0 atom stereocenters. The molecule has 1 aromatic rings. The van der Waals surface area contributed by atoms with Crippen LogP contribution in [-0.4, -0.2) is 11.9 Å². The number of hydrazine groups is 1. The van der Waals surface area contributed by atoms with Gasteiger partial charge >= 0.3 is 0 Å². The van der Waals surface area contributed by atoms with Crippen LogP contribution in [0, 0.1) is 17.6 Å². The number of nitrogen functional groups attached to an aromatic ring is 1. The van der Waals surface area contributed by atoms with E-state index < -0.39 is 23.2 Å². The van der Waals surface area contributed by atoms with E-state index in [0.29, 0.717) is 5.92 Å². The zero-order valence-corrected chi connectivity index (χ0v) is 11.4. The van der Waals surface area contributed by atoms with Gasteiger partial charge in [-0.3, -0.25) is 10.6 Å². The number of carbonyl (C=O) groups is 1. The van der Waals surface area contributed by atoms with Crippen molar-refractivity contribution in [1.82, 2.24) is 5.32 Å². The van der Waals surface area contributed by atoms with Crippen LogP contribution in [0.2, 0.25) is 0 Å². The summed E-state index contributed by atoms with van der Waals surface area (Å²) in [7, 11) is 0. The van der Waals surface area contributed by atoms with Gasteiger partial charge in [-0.2, -0.15) is 0 Å². The van der Waals surface area contributed by atoms with Gasteiger partial charge < -0.3 is 10.7 Å². The van der Waals surface area contributed by atoms with Gasteiger partial charge in [0.05, 0.1) is 0 Å². The summed E-state index contributed by atoms with van der Waals surface area (Å²) < 4.78 is 27.1. The molecule has 0 unspecified atom stereocenters. The van der Waals surface area contributed by atoms with Crippen LogP contribution in [0.3, 0.4) is 0 Å². The molecule has 0 aliphatic heterocycles. The van der Waals surface area contributed by atoms with Gasteiger partial charge in [0.25, 0.3) is 5.91 Å². The number of carbonyl (C=O) groups excluding carboxylic acids is 1. The third-order valence-electron chi connectivity index (χ3n) is 3.80. The van der Waals surface area contributed by atoms with Gasteiger partial charge in [0.1, 0.15) is 5.69 Å². The Morgan fingerprint density at radius 1 is 1.20 bits per heavy atom. The summed E-state index contributed by atoms with van der Waals surface area (Å²) in [4.78, 5) is 12.0. The van der Waals surface area contributed by atoms with Gasteiger partial charge in [0.2, 0.25) is 0 Å². The second kappa shape index (κ2) is 6.17. The lowest BCUT2D eigenvalue weighted by molar-refractivity contribution is 0.0922. The van der Waals surface area contributed by atoms with Crippen molar-refractivity contribution in [3.8, 4) is 0 Å². The highest BCUT2D eigenvalue weighted by Crippen LogP contribution is 2.24. The maximum absolute atomic E-state index is 13.5. The zero-order valence-electron chi connectivity index (χ0n) is 11.4. The van der Waals surface area contributed by atoms with Crippen molar-refractivity contribution in [2.75, 3.05) is 5.43 Å². The molecule has 0 spiro atoms. The minimum atomic E-state index is -0.880. The Bertz CT molecular complexity index is 476. The molecular formula is C14H19F2N3O. The van der Waals surface area contributed by atoms with Gasteiger partial charge in [0, 0.05) is 11.6 Å². The average molecular weight is 283 g/mol. The summed E-state index contributed by atoms with van der Waals surface area (Å²) in [5.74, 6) is 3.47. The summed E-state index contributed by atoms with van der Waals surface area (Å²) in [6.07, 6.45) is 3.92. The van der Waals surface area contributed by atoms with Crippen molar-refractivity contribution in [2.45, 2.75) is 38.6 Å². The van der Waals surface area contributed by atoms with Crippen molar-refractivity contribution in [3.05, 3.63) is 29.3 Å². The lowest BCUT2D eigenvalue weighted by Crippen LogP contribution is -2.37. The standard InChI is InChI=1S/C14H19F2N3O/c1-8-2-4-10(5-3-8)18-14(20)9-6-11(15)13(19-17)12(16)7-9/h6-8,10,19H,2-5,17H2,1H3,(H,18,20). The minimum absolute atomic E-state index is 0.0300. The highest BCUT2D eigenvalue weighted by molar-refractivity contribution is 5.94. The Labute approximate surface area is 116 Å². The Morgan fingerprint density at radius 2 is 1.75 bits per heavy atom. The summed E-state index contributed by atoms with van der Waals surface area (Å²) in [5, 5.41) is 2.82. The lowest BCUT2D eigenvalue weighted by Gasteiger charge is -2.26. The number of benzene rings is 1. The molecule has 1 aliphatic rings. The van der Waals surface area contributed by atoms with E-state index >= 15 is 0 Å². The fraction of sp³-hybridized carbons (Fsp3) is 0.500. The molecule has 0 saturated heterocycles. The molecule has 0 radical (unpaired) electrons. The molecule has 6 heteroatoms. The van der Waals surface area contributed by atoms with Crippen molar-refractivity contribution in [1.29, 1.82) is 0 Å². The molecule has 2 rings (SSSR count). The van der Waals surface area contributed by atoms with Crippen LogP contribution in [0.15, 0.2) is 12.1 Å². The second-order valence-electron chi connectivity index (χ2n) is 5.39. The first kappa shape index (κ1) is 14.7. The van der Waals surface area contributed by atoms with E-state index in [1.165, 1.54) is 0 Å². The van der Waals surface area contributed by atoms with Crippen LogP contribution in [-0.2, 0) is 0 Å². The largest absolute Gasteiger partial charge is 0.349 e. The molecular weight excluding hydrogens is 264 g/mol. The molecule has 4 nitrogen and oxygen atoms in total. The van der Waals surface area contributed by atoms with E-state index in [1.807, 2.05) is 5.43 Å². The predicted molar refractivity (Wildman–Crippen MR) is 73.1 cm³/mol. The summed E-state index contributed by atoms with van der Waals surface area (Å²) >= 11 is 0. The van der Waals surface area contributed by atoms with Crippen LogP contribution in [0.4, 0.5) is 14.5 Å². The topological polar surface area (TPSA) is 67.2 Å². The fourth-order valence-electron chi connectivity index (χ4n) is 2.52. The van der Waals surface area contributed by atoms with Crippen molar-refractivity contribution < 1.29 is 13.6 Å². The van der Waals surface area contributed by atoms with Crippen molar-refractivity contribution in [2.24, 2.45) is 11.8 Å². The Morgan fingerprint density at radius 3 is 2.25 bits per heavy atom. The normalized spacial score (nSPS) is 22.4. The van der Waals surface area contributed by atoms with Crippen molar-refractivity contribution in [3.63, 3.8) is 0 Å². The smallest absolute Gasteiger partial charge is 0.251 e. The third-order valence-corrected chi connectivity index (χ3v) is 3.80. The van der Waals surface area contributed by atoms with Gasteiger partial charge in [-0.15, -0.1) is 0 Å².